The Bertz CT molecular complexity index is 429. The van der Waals surface area contributed by atoms with Crippen molar-refractivity contribution in [3.8, 4) is 5.75 Å². The standard InChI is InChI=1S/C14H18F3NO2/c1-3-10(2)13(19)18-9-8-11-4-6-12(7-5-11)20-14(15,16)17/h4-7,10H,3,8-9H2,1-2H3,(H,18,19)/t10-/m1/s1. The van der Waals surface area contributed by atoms with Crippen molar-refractivity contribution in [2.45, 2.75) is 33.1 Å². The molecule has 20 heavy (non-hydrogen) atoms. The molecule has 1 aromatic carbocycles. The normalized spacial score (nSPS) is 12.8. The van der Waals surface area contributed by atoms with Gasteiger partial charge in [0, 0.05) is 12.5 Å². The van der Waals surface area contributed by atoms with Crippen LogP contribution in [0.4, 0.5) is 13.2 Å². The van der Waals surface area contributed by atoms with Gasteiger partial charge in [-0.1, -0.05) is 26.0 Å². The van der Waals surface area contributed by atoms with Gasteiger partial charge in [0.15, 0.2) is 0 Å². The van der Waals surface area contributed by atoms with Crippen LogP contribution < -0.4 is 10.1 Å². The van der Waals surface area contributed by atoms with Crippen LogP contribution >= 0.6 is 0 Å². The molecule has 112 valence electrons. The SMILES string of the molecule is CC[C@@H](C)C(=O)NCCc1ccc(OC(F)(F)F)cc1. The smallest absolute Gasteiger partial charge is 0.406 e. The van der Waals surface area contributed by atoms with Crippen LogP contribution in [0.3, 0.4) is 0 Å². The molecule has 0 unspecified atom stereocenters. The first-order chi connectivity index (χ1) is 9.31. The molecule has 1 aromatic rings. The average Bonchev–Trinajstić information content (AvgIpc) is 2.38. The van der Waals surface area contributed by atoms with Crippen LogP contribution in [0.25, 0.3) is 0 Å². The predicted octanol–water partition coefficient (Wildman–Crippen LogP) is 3.29. The lowest BCUT2D eigenvalue weighted by Gasteiger charge is -2.11. The van der Waals surface area contributed by atoms with Crippen molar-refractivity contribution in [3.63, 3.8) is 0 Å². The van der Waals surface area contributed by atoms with Gasteiger partial charge in [0.25, 0.3) is 0 Å². The van der Waals surface area contributed by atoms with E-state index in [0.29, 0.717) is 13.0 Å². The first-order valence-corrected chi connectivity index (χ1v) is 6.44. The highest BCUT2D eigenvalue weighted by atomic mass is 19.4. The van der Waals surface area contributed by atoms with Gasteiger partial charge < -0.3 is 10.1 Å². The van der Waals surface area contributed by atoms with E-state index in [4.69, 9.17) is 0 Å². The molecule has 0 aliphatic heterocycles. The molecule has 1 amide bonds. The summed E-state index contributed by atoms with van der Waals surface area (Å²) in [6, 6.07) is 5.63. The van der Waals surface area contributed by atoms with Gasteiger partial charge in [-0.25, -0.2) is 0 Å². The zero-order chi connectivity index (χ0) is 15.2. The third kappa shape index (κ3) is 5.95. The van der Waals surface area contributed by atoms with E-state index in [1.54, 1.807) is 12.1 Å². The van der Waals surface area contributed by atoms with E-state index >= 15 is 0 Å². The molecule has 0 aliphatic carbocycles. The van der Waals surface area contributed by atoms with Crippen LogP contribution in [0.5, 0.6) is 5.75 Å². The van der Waals surface area contributed by atoms with Crippen molar-refractivity contribution in [1.82, 2.24) is 5.32 Å². The monoisotopic (exact) mass is 289 g/mol. The number of benzene rings is 1. The Labute approximate surface area is 116 Å². The molecule has 1 N–H and O–H groups in total. The summed E-state index contributed by atoms with van der Waals surface area (Å²) >= 11 is 0. The quantitative estimate of drug-likeness (QED) is 0.872. The van der Waals surface area contributed by atoms with Crippen molar-refractivity contribution in [2.75, 3.05) is 6.54 Å². The lowest BCUT2D eigenvalue weighted by atomic mass is 10.1. The maximum absolute atomic E-state index is 12.0. The van der Waals surface area contributed by atoms with Gasteiger partial charge in [-0.15, -0.1) is 13.2 Å². The lowest BCUT2D eigenvalue weighted by Crippen LogP contribution is -2.30. The molecule has 0 aromatic heterocycles. The predicted molar refractivity (Wildman–Crippen MR) is 69.3 cm³/mol. The molecule has 0 bridgehead atoms. The number of ether oxygens (including phenoxy) is 1. The van der Waals surface area contributed by atoms with Crippen molar-refractivity contribution in [1.29, 1.82) is 0 Å². The number of amides is 1. The highest BCUT2D eigenvalue weighted by Gasteiger charge is 2.30. The number of rotatable bonds is 6. The first-order valence-electron chi connectivity index (χ1n) is 6.44. The molecule has 3 nitrogen and oxygen atoms in total. The molecule has 1 rings (SSSR count). The number of hydrogen-bond acceptors (Lipinski definition) is 2. The van der Waals surface area contributed by atoms with Crippen molar-refractivity contribution < 1.29 is 22.7 Å². The van der Waals surface area contributed by atoms with E-state index < -0.39 is 6.36 Å². The van der Waals surface area contributed by atoms with Crippen LogP contribution in [0.2, 0.25) is 0 Å². The van der Waals surface area contributed by atoms with Crippen LogP contribution in [0, 0.1) is 5.92 Å². The fourth-order valence-corrected chi connectivity index (χ4v) is 1.55. The van der Waals surface area contributed by atoms with E-state index in [9.17, 15) is 18.0 Å². The zero-order valence-corrected chi connectivity index (χ0v) is 11.5. The summed E-state index contributed by atoms with van der Waals surface area (Å²) < 4.78 is 39.7. The highest BCUT2D eigenvalue weighted by molar-refractivity contribution is 5.78. The molecular formula is C14H18F3NO2. The van der Waals surface area contributed by atoms with Gasteiger partial charge in [-0.05, 0) is 30.5 Å². The largest absolute Gasteiger partial charge is 0.573 e. The van der Waals surface area contributed by atoms with Gasteiger partial charge in [0.05, 0.1) is 0 Å². The third-order valence-corrected chi connectivity index (χ3v) is 2.93. The summed E-state index contributed by atoms with van der Waals surface area (Å²) in [6.07, 6.45) is -3.34. The summed E-state index contributed by atoms with van der Waals surface area (Å²) in [5, 5.41) is 2.78. The second-order valence-corrected chi connectivity index (χ2v) is 4.54. The van der Waals surface area contributed by atoms with Gasteiger partial charge in [0.1, 0.15) is 5.75 Å². The fourth-order valence-electron chi connectivity index (χ4n) is 1.55. The molecule has 6 heteroatoms. The average molecular weight is 289 g/mol. The summed E-state index contributed by atoms with van der Waals surface area (Å²) in [5.41, 5.74) is 0.837. The molecular weight excluding hydrogens is 271 g/mol. The van der Waals surface area contributed by atoms with Crippen LogP contribution in [0.15, 0.2) is 24.3 Å². The van der Waals surface area contributed by atoms with Crippen molar-refractivity contribution in [2.24, 2.45) is 5.92 Å². The van der Waals surface area contributed by atoms with Crippen LogP contribution in [0.1, 0.15) is 25.8 Å². The minimum absolute atomic E-state index is 0.00970. The Hall–Kier alpha value is -1.72. The van der Waals surface area contributed by atoms with Gasteiger partial charge in [-0.2, -0.15) is 0 Å². The Morgan fingerprint density at radius 1 is 1.30 bits per heavy atom. The Balaban J connectivity index is 2.41. The zero-order valence-electron chi connectivity index (χ0n) is 11.5. The second kappa shape index (κ2) is 7.17. The summed E-state index contributed by atoms with van der Waals surface area (Å²) in [6.45, 7) is 4.24. The van der Waals surface area contributed by atoms with Crippen LogP contribution in [-0.4, -0.2) is 18.8 Å². The highest BCUT2D eigenvalue weighted by Crippen LogP contribution is 2.22. The van der Waals surface area contributed by atoms with Crippen LogP contribution in [-0.2, 0) is 11.2 Å². The third-order valence-electron chi connectivity index (χ3n) is 2.93. The maximum Gasteiger partial charge on any atom is 0.573 e. The number of halogens is 3. The van der Waals surface area contributed by atoms with Gasteiger partial charge in [0.2, 0.25) is 5.91 Å². The molecule has 0 saturated carbocycles. The number of carbonyl (C=O) groups excluding carboxylic acids is 1. The first kappa shape index (κ1) is 16.3. The molecule has 0 saturated heterocycles. The minimum atomic E-state index is -4.67. The molecule has 0 aliphatic rings. The fraction of sp³-hybridized carbons (Fsp3) is 0.500. The number of alkyl halides is 3. The lowest BCUT2D eigenvalue weighted by molar-refractivity contribution is -0.274. The summed E-state index contributed by atoms with van der Waals surface area (Å²) in [7, 11) is 0. The number of nitrogens with one attached hydrogen (secondary N) is 1. The number of hydrogen-bond donors (Lipinski definition) is 1. The Kier molecular flexibility index (Phi) is 5.85. The molecule has 0 spiro atoms. The molecule has 0 radical (unpaired) electrons. The summed E-state index contributed by atoms with van der Waals surface area (Å²) in [5.74, 6) is -0.285. The summed E-state index contributed by atoms with van der Waals surface area (Å²) in [4.78, 5) is 11.5. The van der Waals surface area contributed by atoms with Crippen molar-refractivity contribution >= 4 is 5.91 Å². The topological polar surface area (TPSA) is 38.3 Å². The maximum atomic E-state index is 12.0. The number of carbonyl (C=O) groups is 1. The minimum Gasteiger partial charge on any atom is -0.406 e. The van der Waals surface area contributed by atoms with E-state index in [1.807, 2.05) is 13.8 Å². The molecule has 1 atom stereocenters. The van der Waals surface area contributed by atoms with E-state index in [1.165, 1.54) is 12.1 Å². The van der Waals surface area contributed by atoms with E-state index in [-0.39, 0.29) is 17.6 Å². The molecule has 0 heterocycles. The Morgan fingerprint density at radius 2 is 1.90 bits per heavy atom. The van der Waals surface area contributed by atoms with E-state index in [0.717, 1.165) is 12.0 Å². The van der Waals surface area contributed by atoms with Gasteiger partial charge in [-0.3, -0.25) is 4.79 Å². The van der Waals surface area contributed by atoms with E-state index in [2.05, 4.69) is 10.1 Å². The Morgan fingerprint density at radius 3 is 2.40 bits per heavy atom. The van der Waals surface area contributed by atoms with Gasteiger partial charge >= 0.3 is 6.36 Å². The second-order valence-electron chi connectivity index (χ2n) is 4.54. The van der Waals surface area contributed by atoms with Crippen molar-refractivity contribution in [3.05, 3.63) is 29.8 Å². The molecule has 0 fully saturated rings.